The lowest BCUT2D eigenvalue weighted by Crippen LogP contribution is -2.16. The molecule has 2 aromatic carbocycles. The molecule has 0 saturated carbocycles. The lowest BCUT2D eigenvalue weighted by molar-refractivity contribution is 0.414. The summed E-state index contributed by atoms with van der Waals surface area (Å²) in [4.78, 5) is 3.64. The molecule has 2 N–H and O–H groups in total. The largest absolute Gasteiger partial charge is 0.497 e. The summed E-state index contributed by atoms with van der Waals surface area (Å²) in [7, 11) is 1.72. The van der Waals surface area contributed by atoms with E-state index < -0.39 is 0 Å². The number of ether oxygens (including phenoxy) is 1. The van der Waals surface area contributed by atoms with E-state index in [1.807, 2.05) is 6.07 Å². The Hall–Kier alpha value is -1.97. The highest BCUT2D eigenvalue weighted by Crippen LogP contribution is 2.36. The van der Waals surface area contributed by atoms with Crippen LogP contribution in [0.15, 0.2) is 36.4 Å². The van der Waals surface area contributed by atoms with E-state index >= 15 is 0 Å². The Morgan fingerprint density at radius 3 is 2.62 bits per heavy atom. The van der Waals surface area contributed by atoms with Crippen LogP contribution in [-0.4, -0.2) is 25.2 Å². The molecule has 4 heteroatoms. The number of H-pyrrole nitrogens is 1. The minimum atomic E-state index is 0. The molecule has 0 unspecified atom stereocenters. The van der Waals surface area contributed by atoms with Crippen molar-refractivity contribution in [1.82, 2.24) is 10.3 Å². The molecular formula is C20H23ClN2O. The molecule has 126 valence electrons. The van der Waals surface area contributed by atoms with Crippen LogP contribution in [0.4, 0.5) is 0 Å². The van der Waals surface area contributed by atoms with Crippen molar-refractivity contribution in [3.63, 3.8) is 0 Å². The van der Waals surface area contributed by atoms with Crippen LogP contribution in [0, 0.1) is 6.92 Å². The van der Waals surface area contributed by atoms with E-state index in [9.17, 15) is 0 Å². The number of rotatable bonds is 2. The van der Waals surface area contributed by atoms with Gasteiger partial charge in [-0.2, -0.15) is 0 Å². The van der Waals surface area contributed by atoms with E-state index in [4.69, 9.17) is 4.74 Å². The molecule has 0 atom stereocenters. The van der Waals surface area contributed by atoms with Gasteiger partial charge in [-0.1, -0.05) is 18.2 Å². The maximum absolute atomic E-state index is 5.35. The number of aromatic amines is 1. The number of methoxy groups -OCH3 is 1. The lowest BCUT2D eigenvalue weighted by atomic mass is 9.94. The average Bonchev–Trinajstić information content (AvgIpc) is 2.76. The van der Waals surface area contributed by atoms with Crippen molar-refractivity contribution in [2.75, 3.05) is 20.2 Å². The van der Waals surface area contributed by atoms with Crippen molar-refractivity contribution in [1.29, 1.82) is 0 Å². The Labute approximate surface area is 148 Å². The molecular weight excluding hydrogens is 320 g/mol. The first-order valence-corrected chi connectivity index (χ1v) is 8.26. The van der Waals surface area contributed by atoms with Gasteiger partial charge < -0.3 is 15.0 Å². The van der Waals surface area contributed by atoms with Crippen LogP contribution in [0.2, 0.25) is 0 Å². The number of fused-ring (bicyclic) bond motifs is 3. The fourth-order valence-corrected chi connectivity index (χ4v) is 3.70. The molecule has 0 bridgehead atoms. The zero-order valence-electron chi connectivity index (χ0n) is 14.1. The molecule has 0 aliphatic carbocycles. The van der Waals surface area contributed by atoms with E-state index in [1.165, 1.54) is 38.9 Å². The molecule has 0 fully saturated rings. The molecule has 24 heavy (non-hydrogen) atoms. The molecule has 0 saturated heterocycles. The predicted molar refractivity (Wildman–Crippen MR) is 103 cm³/mol. The van der Waals surface area contributed by atoms with Crippen LogP contribution in [0.25, 0.3) is 22.0 Å². The van der Waals surface area contributed by atoms with Gasteiger partial charge >= 0.3 is 0 Å². The van der Waals surface area contributed by atoms with Gasteiger partial charge in [0, 0.05) is 29.6 Å². The molecule has 1 aliphatic heterocycles. The van der Waals surface area contributed by atoms with Crippen molar-refractivity contribution in [2.45, 2.75) is 19.8 Å². The normalized spacial score (nSPS) is 13.9. The van der Waals surface area contributed by atoms with Gasteiger partial charge in [-0.25, -0.2) is 0 Å². The lowest BCUT2D eigenvalue weighted by Gasteiger charge is -2.11. The Morgan fingerprint density at radius 1 is 1.00 bits per heavy atom. The van der Waals surface area contributed by atoms with Gasteiger partial charge in [-0.05, 0) is 60.3 Å². The fourth-order valence-electron chi connectivity index (χ4n) is 3.70. The standard InChI is InChI=1S/C20H22N2O.ClH/c1-13-12-14(23-2)6-7-15(13)16-4-3-5-19-20(16)17-8-10-21-11-9-18(17)22-19;/h3-7,12,21-22H,8-11H2,1-2H3;1H. The second-order valence-corrected chi connectivity index (χ2v) is 6.24. The van der Waals surface area contributed by atoms with Crippen molar-refractivity contribution in [3.8, 4) is 16.9 Å². The number of hydrogen-bond acceptors (Lipinski definition) is 2. The van der Waals surface area contributed by atoms with Crippen LogP contribution in [0.1, 0.15) is 16.8 Å². The van der Waals surface area contributed by atoms with Crippen LogP contribution in [0.5, 0.6) is 5.75 Å². The smallest absolute Gasteiger partial charge is 0.119 e. The highest BCUT2D eigenvalue weighted by molar-refractivity contribution is 5.99. The second-order valence-electron chi connectivity index (χ2n) is 6.24. The Bertz CT molecular complexity index is 869. The van der Waals surface area contributed by atoms with E-state index in [-0.39, 0.29) is 12.4 Å². The minimum absolute atomic E-state index is 0. The van der Waals surface area contributed by atoms with E-state index in [1.54, 1.807) is 7.11 Å². The number of aromatic nitrogens is 1. The molecule has 0 amide bonds. The zero-order chi connectivity index (χ0) is 15.8. The Kier molecular flexibility index (Phi) is 4.83. The number of aryl methyl sites for hydroxylation is 1. The first kappa shape index (κ1) is 16.9. The zero-order valence-corrected chi connectivity index (χ0v) is 14.9. The molecule has 0 spiro atoms. The van der Waals surface area contributed by atoms with Gasteiger partial charge in [0.2, 0.25) is 0 Å². The highest BCUT2D eigenvalue weighted by atomic mass is 35.5. The Morgan fingerprint density at radius 2 is 1.83 bits per heavy atom. The third-order valence-corrected chi connectivity index (χ3v) is 4.84. The summed E-state index contributed by atoms with van der Waals surface area (Å²) in [6.45, 7) is 4.26. The summed E-state index contributed by atoms with van der Waals surface area (Å²) < 4.78 is 5.35. The van der Waals surface area contributed by atoms with Gasteiger partial charge in [0.05, 0.1) is 7.11 Å². The summed E-state index contributed by atoms with van der Waals surface area (Å²) in [6, 6.07) is 12.9. The number of hydrogen-bond donors (Lipinski definition) is 2. The first-order valence-electron chi connectivity index (χ1n) is 8.26. The number of halogens is 1. The van der Waals surface area contributed by atoms with Gasteiger partial charge in [0.15, 0.2) is 0 Å². The monoisotopic (exact) mass is 342 g/mol. The van der Waals surface area contributed by atoms with Crippen LogP contribution in [-0.2, 0) is 12.8 Å². The summed E-state index contributed by atoms with van der Waals surface area (Å²) in [5, 5.41) is 4.88. The highest BCUT2D eigenvalue weighted by Gasteiger charge is 2.17. The van der Waals surface area contributed by atoms with E-state index in [2.05, 4.69) is 47.6 Å². The molecule has 1 aromatic heterocycles. The minimum Gasteiger partial charge on any atom is -0.497 e. The van der Waals surface area contributed by atoms with Gasteiger partial charge in [-0.15, -0.1) is 12.4 Å². The second kappa shape index (κ2) is 6.88. The Balaban J connectivity index is 0.00000169. The number of benzene rings is 2. The maximum atomic E-state index is 5.35. The first-order chi connectivity index (χ1) is 11.3. The maximum Gasteiger partial charge on any atom is 0.119 e. The number of nitrogens with one attached hydrogen (secondary N) is 2. The van der Waals surface area contributed by atoms with E-state index in [0.29, 0.717) is 0 Å². The summed E-state index contributed by atoms with van der Waals surface area (Å²) in [6.07, 6.45) is 2.16. The van der Waals surface area contributed by atoms with Crippen molar-refractivity contribution < 1.29 is 4.74 Å². The SMILES string of the molecule is COc1ccc(-c2cccc3[nH]c4c(c23)CCNCC4)c(C)c1.Cl. The van der Waals surface area contributed by atoms with Gasteiger partial charge in [0.1, 0.15) is 5.75 Å². The van der Waals surface area contributed by atoms with Crippen LogP contribution >= 0.6 is 12.4 Å². The summed E-state index contributed by atoms with van der Waals surface area (Å²) in [5.74, 6) is 0.913. The fraction of sp³-hybridized carbons (Fsp3) is 0.300. The molecule has 0 radical (unpaired) electrons. The van der Waals surface area contributed by atoms with Gasteiger partial charge in [-0.3, -0.25) is 0 Å². The molecule has 2 heterocycles. The van der Waals surface area contributed by atoms with Gasteiger partial charge in [0.25, 0.3) is 0 Å². The molecule has 4 rings (SSSR count). The third kappa shape index (κ3) is 2.79. The third-order valence-electron chi connectivity index (χ3n) is 4.84. The predicted octanol–water partition coefficient (Wildman–Crippen LogP) is 4.26. The topological polar surface area (TPSA) is 37.0 Å². The van der Waals surface area contributed by atoms with Crippen LogP contribution < -0.4 is 10.1 Å². The summed E-state index contributed by atoms with van der Waals surface area (Å²) in [5.41, 5.74) is 7.99. The van der Waals surface area contributed by atoms with Crippen molar-refractivity contribution >= 4 is 23.3 Å². The van der Waals surface area contributed by atoms with Crippen LogP contribution in [0.3, 0.4) is 0 Å². The van der Waals surface area contributed by atoms with E-state index in [0.717, 1.165) is 31.7 Å². The average molecular weight is 343 g/mol. The molecule has 3 nitrogen and oxygen atoms in total. The van der Waals surface area contributed by atoms with Crippen molar-refractivity contribution in [2.24, 2.45) is 0 Å². The quantitative estimate of drug-likeness (QED) is 0.730. The molecule has 1 aliphatic rings. The van der Waals surface area contributed by atoms with Crippen molar-refractivity contribution in [3.05, 3.63) is 53.2 Å². The molecule has 3 aromatic rings. The summed E-state index contributed by atoms with van der Waals surface area (Å²) >= 11 is 0.